The zero-order chi connectivity index (χ0) is 24.1. The Morgan fingerprint density at radius 1 is 0.444 bits per heavy atom. The molecule has 5 aromatic rings. The van der Waals surface area contributed by atoms with Crippen LogP contribution in [0.15, 0.2) is 140 Å². The van der Waals surface area contributed by atoms with E-state index in [4.69, 9.17) is 0 Å². The van der Waals surface area contributed by atoms with Gasteiger partial charge in [0.1, 0.15) is 0 Å². The van der Waals surface area contributed by atoms with Crippen LogP contribution >= 0.6 is 0 Å². The quantitative estimate of drug-likeness (QED) is 0.251. The summed E-state index contributed by atoms with van der Waals surface area (Å²) < 4.78 is 0. The molecule has 2 aliphatic carbocycles. The highest BCUT2D eigenvalue weighted by atomic mass is 14.5. The van der Waals surface area contributed by atoms with Gasteiger partial charge >= 0.3 is 0 Å². The number of rotatable bonds is 4. The summed E-state index contributed by atoms with van der Waals surface area (Å²) in [5.41, 5.74) is 12.1. The summed E-state index contributed by atoms with van der Waals surface area (Å²) in [7, 11) is 0. The highest BCUT2D eigenvalue weighted by molar-refractivity contribution is 5.82. The first-order chi connectivity index (χ1) is 17.8. The van der Waals surface area contributed by atoms with Crippen molar-refractivity contribution in [3.05, 3.63) is 173 Å². The summed E-state index contributed by atoms with van der Waals surface area (Å²) in [6, 6.07) is 49.6. The first kappa shape index (κ1) is 21.1. The maximum Gasteiger partial charge on any atom is 0.0415 e. The summed E-state index contributed by atoms with van der Waals surface area (Å²) in [5, 5.41) is 0. The highest BCUT2D eigenvalue weighted by Crippen LogP contribution is 2.63. The number of allylic oxidation sites excluding steroid dienone is 2. The van der Waals surface area contributed by atoms with Gasteiger partial charge in [0.15, 0.2) is 0 Å². The average Bonchev–Trinajstić information content (AvgIpc) is 3.47. The van der Waals surface area contributed by atoms with Crippen LogP contribution in [0.5, 0.6) is 0 Å². The lowest BCUT2D eigenvalue weighted by atomic mass is 9.55. The van der Waals surface area contributed by atoms with Gasteiger partial charge in [0, 0.05) is 17.3 Å². The van der Waals surface area contributed by atoms with E-state index in [0.29, 0.717) is 0 Å². The van der Waals surface area contributed by atoms with Gasteiger partial charge in [-0.3, -0.25) is 0 Å². The van der Waals surface area contributed by atoms with Crippen molar-refractivity contribution < 1.29 is 0 Å². The third-order valence-corrected chi connectivity index (χ3v) is 8.42. The molecule has 1 unspecified atom stereocenters. The Kier molecular flexibility index (Phi) is 4.82. The molecular formula is C36H28. The van der Waals surface area contributed by atoms with Crippen molar-refractivity contribution >= 4 is 5.57 Å². The molecule has 7 rings (SSSR count). The van der Waals surface area contributed by atoms with Crippen LogP contribution in [0.1, 0.15) is 52.1 Å². The number of benzene rings is 5. The van der Waals surface area contributed by atoms with E-state index in [1.54, 1.807) is 0 Å². The molecular weight excluding hydrogens is 432 g/mol. The minimum Gasteiger partial charge on any atom is -0.0722 e. The molecule has 0 amide bonds. The molecule has 0 radical (unpaired) electrons. The van der Waals surface area contributed by atoms with Crippen LogP contribution in [-0.4, -0.2) is 0 Å². The number of hydrogen-bond donors (Lipinski definition) is 0. The minimum atomic E-state index is -0.320. The topological polar surface area (TPSA) is 0 Å². The van der Waals surface area contributed by atoms with Gasteiger partial charge in [-0.15, -0.1) is 0 Å². The first-order valence-electron chi connectivity index (χ1n) is 12.9. The van der Waals surface area contributed by atoms with E-state index in [-0.39, 0.29) is 17.3 Å². The molecule has 0 bridgehead atoms. The second-order valence-electron chi connectivity index (χ2n) is 10.1. The second kappa shape index (κ2) is 8.21. The molecule has 0 fully saturated rings. The van der Waals surface area contributed by atoms with Crippen LogP contribution in [0.3, 0.4) is 0 Å². The lowest BCUT2D eigenvalue weighted by Gasteiger charge is -2.46. The second-order valence-corrected chi connectivity index (χ2v) is 10.1. The molecule has 5 aromatic carbocycles. The fourth-order valence-corrected chi connectivity index (χ4v) is 7.05. The van der Waals surface area contributed by atoms with Gasteiger partial charge in [-0.1, -0.05) is 140 Å². The smallest absolute Gasteiger partial charge is 0.0415 e. The van der Waals surface area contributed by atoms with Crippen LogP contribution in [0.4, 0.5) is 0 Å². The Labute approximate surface area is 213 Å². The number of hydrogen-bond acceptors (Lipinski definition) is 0. The largest absolute Gasteiger partial charge is 0.0722 e. The van der Waals surface area contributed by atoms with Crippen LogP contribution < -0.4 is 0 Å². The minimum absolute atomic E-state index is 0.176. The SMILES string of the molecule is CC1=CC(C(c2ccccc2)(c2ccccc2)C2c3ccccc3-c3ccccc32)c2ccccc21. The standard InChI is InChI=1S/C36H28/c1-25-24-34(31-21-11-8-18-28(25)31)36(26-14-4-2-5-15-26,27-16-6-3-7-17-27)35-32-22-12-9-19-29(32)30-20-10-13-23-33(30)35/h2-24,34-35H,1H3. The molecule has 1 atom stereocenters. The van der Waals surface area contributed by atoms with Crippen molar-refractivity contribution in [1.82, 2.24) is 0 Å². The predicted molar refractivity (Wildman–Crippen MR) is 150 cm³/mol. The average molecular weight is 461 g/mol. The van der Waals surface area contributed by atoms with Crippen LogP contribution in [0.25, 0.3) is 16.7 Å². The molecule has 0 nitrogen and oxygen atoms in total. The van der Waals surface area contributed by atoms with Crippen molar-refractivity contribution in [2.45, 2.75) is 24.2 Å². The third kappa shape index (κ3) is 2.88. The van der Waals surface area contributed by atoms with E-state index in [0.717, 1.165) is 0 Å². The van der Waals surface area contributed by atoms with E-state index in [1.807, 2.05) is 0 Å². The summed E-state index contributed by atoms with van der Waals surface area (Å²) in [6.07, 6.45) is 2.54. The number of fused-ring (bicyclic) bond motifs is 4. The van der Waals surface area contributed by atoms with Gasteiger partial charge in [0.2, 0.25) is 0 Å². The van der Waals surface area contributed by atoms with Crippen molar-refractivity contribution in [3.63, 3.8) is 0 Å². The van der Waals surface area contributed by atoms with E-state index in [9.17, 15) is 0 Å². The molecule has 0 aromatic heterocycles. The van der Waals surface area contributed by atoms with Crippen LogP contribution in [0.2, 0.25) is 0 Å². The molecule has 0 N–H and O–H groups in total. The summed E-state index contributed by atoms with van der Waals surface area (Å²) in [6.45, 7) is 2.27. The fraction of sp³-hybridized carbons (Fsp3) is 0.111. The molecule has 36 heavy (non-hydrogen) atoms. The summed E-state index contributed by atoms with van der Waals surface area (Å²) in [4.78, 5) is 0. The van der Waals surface area contributed by atoms with E-state index < -0.39 is 0 Å². The highest BCUT2D eigenvalue weighted by Gasteiger charge is 2.53. The first-order valence-corrected chi connectivity index (χ1v) is 12.9. The van der Waals surface area contributed by atoms with E-state index in [1.165, 1.54) is 50.1 Å². The third-order valence-electron chi connectivity index (χ3n) is 8.42. The Bertz CT molecular complexity index is 1510. The van der Waals surface area contributed by atoms with Crippen LogP contribution in [-0.2, 0) is 5.41 Å². The predicted octanol–water partition coefficient (Wildman–Crippen LogP) is 8.99. The monoisotopic (exact) mass is 460 g/mol. The Balaban J connectivity index is 1.65. The van der Waals surface area contributed by atoms with Crippen molar-refractivity contribution in [2.24, 2.45) is 0 Å². The van der Waals surface area contributed by atoms with Gasteiger partial charge in [-0.25, -0.2) is 0 Å². The van der Waals surface area contributed by atoms with Gasteiger partial charge < -0.3 is 0 Å². The maximum atomic E-state index is 2.54. The Morgan fingerprint density at radius 3 is 1.39 bits per heavy atom. The van der Waals surface area contributed by atoms with Gasteiger partial charge in [0.25, 0.3) is 0 Å². The van der Waals surface area contributed by atoms with Gasteiger partial charge in [0.05, 0.1) is 0 Å². The lowest BCUT2D eigenvalue weighted by Crippen LogP contribution is -2.40. The van der Waals surface area contributed by atoms with Gasteiger partial charge in [-0.2, -0.15) is 0 Å². The Morgan fingerprint density at radius 2 is 0.861 bits per heavy atom. The molecule has 0 heteroatoms. The molecule has 0 aliphatic heterocycles. The van der Waals surface area contributed by atoms with Crippen molar-refractivity contribution in [3.8, 4) is 11.1 Å². The zero-order valence-electron chi connectivity index (χ0n) is 20.4. The molecule has 0 heterocycles. The van der Waals surface area contributed by atoms with E-state index >= 15 is 0 Å². The zero-order valence-corrected chi connectivity index (χ0v) is 20.4. The van der Waals surface area contributed by atoms with Crippen molar-refractivity contribution in [2.75, 3.05) is 0 Å². The normalized spacial score (nSPS) is 16.2. The lowest BCUT2D eigenvalue weighted by molar-refractivity contribution is 0.416. The molecule has 0 saturated carbocycles. The summed E-state index contributed by atoms with van der Waals surface area (Å²) in [5.74, 6) is 0.373. The molecule has 0 spiro atoms. The molecule has 0 saturated heterocycles. The van der Waals surface area contributed by atoms with Crippen molar-refractivity contribution in [1.29, 1.82) is 0 Å². The maximum absolute atomic E-state index is 2.54. The molecule has 2 aliphatic rings. The molecule has 172 valence electrons. The van der Waals surface area contributed by atoms with Crippen LogP contribution in [0, 0.1) is 0 Å². The Hall–Kier alpha value is -4.16. The van der Waals surface area contributed by atoms with E-state index in [2.05, 4.69) is 146 Å². The van der Waals surface area contributed by atoms with Gasteiger partial charge in [-0.05, 0) is 57.0 Å². The fourth-order valence-electron chi connectivity index (χ4n) is 7.05. The summed E-state index contributed by atoms with van der Waals surface area (Å²) >= 11 is 0.